The third kappa shape index (κ3) is 4.29. The lowest BCUT2D eigenvalue weighted by molar-refractivity contribution is 0.317. The normalized spacial score (nSPS) is 19.2. The average Bonchev–Trinajstić information content (AvgIpc) is 2.82. The van der Waals surface area contributed by atoms with Crippen molar-refractivity contribution in [3.8, 4) is 0 Å². The number of aromatic nitrogens is 1. The Morgan fingerprint density at radius 1 is 1.38 bits per heavy atom. The molecule has 1 saturated heterocycles. The lowest BCUT2D eigenvalue weighted by Gasteiger charge is -2.18. The maximum Gasteiger partial charge on any atom is 0.0360 e. The van der Waals surface area contributed by atoms with Crippen LogP contribution in [-0.2, 0) is 0 Å². The Bertz CT molecular complexity index is 249. The summed E-state index contributed by atoms with van der Waals surface area (Å²) in [5.41, 5.74) is 5.86. The van der Waals surface area contributed by atoms with Crippen LogP contribution in [0.5, 0.6) is 0 Å². The van der Waals surface area contributed by atoms with E-state index in [4.69, 9.17) is 0 Å². The van der Waals surface area contributed by atoms with Crippen LogP contribution in [0.4, 0.5) is 0 Å². The first-order valence-electron chi connectivity index (χ1n) is 6.06. The van der Waals surface area contributed by atoms with Crippen LogP contribution in [0.25, 0.3) is 0 Å². The third-order valence-electron chi connectivity index (χ3n) is 2.59. The molecule has 1 aromatic heterocycles. The number of hydrogen-bond acceptors (Lipinski definition) is 3. The zero-order chi connectivity index (χ0) is 12.4. The second kappa shape index (κ2) is 9.31. The molecule has 0 amide bonds. The number of nitrogens with zero attached hydrogens (tertiary/aromatic N) is 2. The first kappa shape index (κ1) is 15.1. The van der Waals surface area contributed by atoms with Crippen LogP contribution < -0.4 is 5.73 Å². The van der Waals surface area contributed by atoms with Crippen molar-refractivity contribution in [1.29, 1.82) is 0 Å². The van der Waals surface area contributed by atoms with Crippen LogP contribution in [0.1, 0.15) is 38.3 Å². The molecule has 1 aliphatic heterocycles. The predicted molar refractivity (Wildman–Crippen MR) is 70.3 cm³/mol. The molecule has 1 fully saturated rings. The zero-order valence-electron chi connectivity index (χ0n) is 11.0. The van der Waals surface area contributed by atoms with Crippen LogP contribution in [0, 0.1) is 0 Å². The molecule has 1 aliphatic rings. The van der Waals surface area contributed by atoms with Gasteiger partial charge in [0.1, 0.15) is 0 Å². The summed E-state index contributed by atoms with van der Waals surface area (Å²) in [7, 11) is 3.69. The molecule has 16 heavy (non-hydrogen) atoms. The number of pyridine rings is 1. The molecule has 1 aromatic rings. The Balaban J connectivity index is 0.000000509. The average molecular weight is 223 g/mol. The van der Waals surface area contributed by atoms with E-state index in [0.717, 1.165) is 0 Å². The molecular weight excluding hydrogens is 198 g/mol. The van der Waals surface area contributed by atoms with Gasteiger partial charge < -0.3 is 5.73 Å². The smallest absolute Gasteiger partial charge is 0.0360 e. The fourth-order valence-electron chi connectivity index (χ4n) is 1.90. The van der Waals surface area contributed by atoms with Crippen molar-refractivity contribution >= 4 is 0 Å². The molecule has 2 heterocycles. The number of nitrogens with two attached hydrogens (primary N) is 1. The van der Waals surface area contributed by atoms with Gasteiger partial charge in [-0.15, -0.1) is 0 Å². The monoisotopic (exact) mass is 223 g/mol. The quantitative estimate of drug-likeness (QED) is 0.795. The van der Waals surface area contributed by atoms with Crippen molar-refractivity contribution in [3.63, 3.8) is 0 Å². The summed E-state index contributed by atoms with van der Waals surface area (Å²) in [5.74, 6) is 0. The van der Waals surface area contributed by atoms with Crippen LogP contribution in [0.2, 0.25) is 0 Å². The van der Waals surface area contributed by atoms with Crippen LogP contribution in [0.3, 0.4) is 0 Å². The van der Waals surface area contributed by atoms with E-state index in [1.54, 1.807) is 0 Å². The number of rotatable bonds is 1. The van der Waals surface area contributed by atoms with Crippen molar-refractivity contribution in [2.75, 3.05) is 20.6 Å². The molecule has 1 atom stereocenters. The first-order valence-corrected chi connectivity index (χ1v) is 6.06. The topological polar surface area (TPSA) is 42.1 Å². The van der Waals surface area contributed by atoms with Crippen LogP contribution in [-0.4, -0.2) is 30.5 Å². The van der Waals surface area contributed by atoms with Crippen molar-refractivity contribution in [1.82, 2.24) is 9.88 Å². The molecule has 0 aromatic carbocycles. The van der Waals surface area contributed by atoms with Gasteiger partial charge in [-0.3, -0.25) is 9.88 Å². The summed E-state index contributed by atoms with van der Waals surface area (Å²) >= 11 is 0. The molecule has 2 N–H and O–H groups in total. The van der Waals surface area contributed by atoms with Gasteiger partial charge in [-0.05, 0) is 45.1 Å². The van der Waals surface area contributed by atoms with Gasteiger partial charge in [0.15, 0.2) is 0 Å². The molecule has 0 spiro atoms. The molecule has 0 radical (unpaired) electrons. The highest BCUT2D eigenvalue weighted by Crippen LogP contribution is 2.29. The fraction of sp³-hybridized carbons (Fsp3) is 0.615. The van der Waals surface area contributed by atoms with Gasteiger partial charge >= 0.3 is 0 Å². The van der Waals surface area contributed by atoms with E-state index in [1.165, 1.54) is 32.0 Å². The van der Waals surface area contributed by atoms with E-state index in [2.05, 4.69) is 28.7 Å². The molecule has 3 heteroatoms. The van der Waals surface area contributed by atoms with Gasteiger partial charge in [-0.2, -0.15) is 0 Å². The van der Waals surface area contributed by atoms with Crippen LogP contribution >= 0.6 is 0 Å². The Kier molecular flexibility index (Phi) is 8.77. The molecule has 92 valence electrons. The van der Waals surface area contributed by atoms with Gasteiger partial charge in [0, 0.05) is 18.4 Å². The van der Waals surface area contributed by atoms with E-state index < -0.39 is 0 Å². The molecular formula is C13H25N3. The summed E-state index contributed by atoms with van der Waals surface area (Å²) < 4.78 is 0. The van der Waals surface area contributed by atoms with Crippen LogP contribution in [0.15, 0.2) is 24.5 Å². The summed E-state index contributed by atoms with van der Waals surface area (Å²) in [6.45, 7) is 5.22. The number of hydrogen-bond donors (Lipinski definition) is 1. The first-order chi connectivity index (χ1) is 7.88. The van der Waals surface area contributed by atoms with Gasteiger partial charge in [0.25, 0.3) is 0 Å². The highest BCUT2D eigenvalue weighted by Gasteiger charge is 2.21. The molecule has 2 rings (SSSR count). The van der Waals surface area contributed by atoms with E-state index in [1.807, 2.05) is 32.3 Å². The highest BCUT2D eigenvalue weighted by atomic mass is 15.1. The van der Waals surface area contributed by atoms with Gasteiger partial charge in [-0.25, -0.2) is 0 Å². The van der Waals surface area contributed by atoms with Gasteiger partial charge in [0.05, 0.1) is 0 Å². The van der Waals surface area contributed by atoms with Crippen molar-refractivity contribution < 1.29 is 0 Å². The standard InChI is InChI=1S/C10H14N2.C2H6.CH5N/c1-12-7-3-5-10(12)9-4-2-6-11-8-9;2*1-2/h2,4,6,8,10H,3,5,7H2,1H3;1-2H3;2H2,1H3. The van der Waals surface area contributed by atoms with E-state index in [9.17, 15) is 0 Å². The van der Waals surface area contributed by atoms with Crippen molar-refractivity contribution in [2.45, 2.75) is 32.7 Å². The maximum absolute atomic E-state index is 4.50. The van der Waals surface area contributed by atoms with Gasteiger partial charge in [-0.1, -0.05) is 19.9 Å². The van der Waals surface area contributed by atoms with E-state index in [-0.39, 0.29) is 0 Å². The second-order valence-electron chi connectivity index (χ2n) is 3.42. The Morgan fingerprint density at radius 3 is 2.50 bits per heavy atom. The highest BCUT2D eigenvalue weighted by molar-refractivity contribution is 5.14. The lowest BCUT2D eigenvalue weighted by Crippen LogP contribution is -2.17. The molecule has 3 nitrogen and oxygen atoms in total. The lowest BCUT2D eigenvalue weighted by atomic mass is 10.1. The molecule has 0 saturated carbocycles. The zero-order valence-corrected chi connectivity index (χ0v) is 11.0. The Hall–Kier alpha value is -0.930. The molecule has 0 bridgehead atoms. The number of likely N-dealkylation sites (tertiary alicyclic amines) is 1. The summed E-state index contributed by atoms with van der Waals surface area (Å²) in [4.78, 5) is 6.54. The minimum absolute atomic E-state index is 0.610. The van der Waals surface area contributed by atoms with Crippen molar-refractivity contribution in [2.24, 2.45) is 5.73 Å². The molecule has 0 aliphatic carbocycles. The predicted octanol–water partition coefficient (Wildman–Crippen LogP) is 2.45. The summed E-state index contributed by atoms with van der Waals surface area (Å²) in [6, 6.07) is 4.79. The molecule has 1 unspecified atom stereocenters. The fourth-order valence-corrected chi connectivity index (χ4v) is 1.90. The maximum atomic E-state index is 4.50. The minimum Gasteiger partial charge on any atom is -0.333 e. The van der Waals surface area contributed by atoms with E-state index >= 15 is 0 Å². The van der Waals surface area contributed by atoms with E-state index in [0.29, 0.717) is 6.04 Å². The Labute approximate surface area is 99.7 Å². The summed E-state index contributed by atoms with van der Waals surface area (Å²) in [5, 5.41) is 0. The SMILES string of the molecule is CC.CN.CN1CCCC1c1cccnc1. The Morgan fingerprint density at radius 2 is 2.06 bits per heavy atom. The van der Waals surface area contributed by atoms with Crippen molar-refractivity contribution in [3.05, 3.63) is 30.1 Å². The minimum atomic E-state index is 0.610. The van der Waals surface area contributed by atoms with Gasteiger partial charge in [0.2, 0.25) is 0 Å². The second-order valence-corrected chi connectivity index (χ2v) is 3.42. The third-order valence-corrected chi connectivity index (χ3v) is 2.59. The summed E-state index contributed by atoms with van der Waals surface area (Å²) in [6.07, 6.45) is 6.41. The largest absolute Gasteiger partial charge is 0.333 e.